The fourth-order valence-electron chi connectivity index (χ4n) is 2.70. The molecule has 3 rings (SSSR count). The summed E-state index contributed by atoms with van der Waals surface area (Å²) in [6.07, 6.45) is 1.47. The van der Waals surface area contributed by atoms with Crippen LogP contribution in [0, 0.1) is 0 Å². The maximum Gasteiger partial charge on any atom is 0.271 e. The molecule has 0 saturated carbocycles. The van der Waals surface area contributed by atoms with Gasteiger partial charge in [-0.3, -0.25) is 14.7 Å². The molecule has 0 unspecified atom stereocenters. The maximum atomic E-state index is 12.0. The summed E-state index contributed by atoms with van der Waals surface area (Å²) in [5.74, 6) is 0.706. The number of carbonyl (C=O) groups excluding carboxylic acids is 1. The van der Waals surface area contributed by atoms with E-state index in [9.17, 15) is 4.79 Å². The number of hydrogen-bond donors (Lipinski definition) is 4. The number of nitrogens with one attached hydrogen (secondary N) is 4. The van der Waals surface area contributed by atoms with E-state index in [1.165, 1.54) is 6.33 Å². The molecule has 0 aliphatic carbocycles. The van der Waals surface area contributed by atoms with Crippen molar-refractivity contribution in [2.75, 3.05) is 57.1 Å². The Bertz CT molecular complexity index is 754. The van der Waals surface area contributed by atoms with Crippen molar-refractivity contribution in [1.29, 1.82) is 0 Å². The number of guanidine groups is 1. The van der Waals surface area contributed by atoms with Crippen LogP contribution >= 0.6 is 0 Å². The van der Waals surface area contributed by atoms with E-state index in [-0.39, 0.29) is 5.91 Å². The number of imidazole rings is 1. The van der Waals surface area contributed by atoms with Gasteiger partial charge < -0.3 is 25.7 Å². The number of amides is 1. The highest BCUT2D eigenvalue weighted by Crippen LogP contribution is 2.11. The zero-order valence-electron chi connectivity index (χ0n) is 15.4. The minimum absolute atomic E-state index is 0.248. The predicted octanol–water partition coefficient (Wildman–Crippen LogP) is 0.982. The van der Waals surface area contributed by atoms with E-state index in [0.717, 1.165) is 38.5 Å². The van der Waals surface area contributed by atoms with Crippen LogP contribution in [0.5, 0.6) is 0 Å². The van der Waals surface area contributed by atoms with Crippen LogP contribution in [0.25, 0.3) is 0 Å². The van der Waals surface area contributed by atoms with E-state index in [4.69, 9.17) is 4.74 Å². The minimum atomic E-state index is -0.248. The van der Waals surface area contributed by atoms with Gasteiger partial charge in [0, 0.05) is 32.4 Å². The summed E-state index contributed by atoms with van der Waals surface area (Å²) in [5, 5.41) is 8.96. The number of H-pyrrole nitrogens is 1. The van der Waals surface area contributed by atoms with E-state index < -0.39 is 0 Å². The lowest BCUT2D eigenvalue weighted by Gasteiger charge is -2.25. The summed E-state index contributed by atoms with van der Waals surface area (Å²) in [4.78, 5) is 25.9. The molecule has 1 aromatic carbocycles. The topological polar surface area (TPSA) is 107 Å². The highest BCUT2D eigenvalue weighted by atomic mass is 16.5. The number of rotatable bonds is 6. The monoisotopic (exact) mass is 371 g/mol. The van der Waals surface area contributed by atoms with Gasteiger partial charge in [-0.1, -0.05) is 18.2 Å². The van der Waals surface area contributed by atoms with E-state index in [1.54, 1.807) is 7.05 Å². The largest absolute Gasteiger partial charge is 0.379 e. The lowest BCUT2D eigenvalue weighted by molar-refractivity contribution is 0.0394. The number of para-hydroxylation sites is 1. The smallest absolute Gasteiger partial charge is 0.271 e. The first-order valence-electron chi connectivity index (χ1n) is 8.95. The first-order chi connectivity index (χ1) is 13.3. The van der Waals surface area contributed by atoms with Crippen molar-refractivity contribution in [2.45, 2.75) is 0 Å². The number of aromatic amines is 1. The molecular weight excluding hydrogens is 346 g/mol. The van der Waals surface area contributed by atoms with Gasteiger partial charge in [0.1, 0.15) is 5.69 Å². The van der Waals surface area contributed by atoms with Gasteiger partial charge in [-0.2, -0.15) is 0 Å². The van der Waals surface area contributed by atoms with E-state index >= 15 is 0 Å². The fourth-order valence-corrected chi connectivity index (χ4v) is 2.70. The van der Waals surface area contributed by atoms with Crippen LogP contribution in [-0.4, -0.2) is 73.2 Å². The summed E-state index contributed by atoms with van der Waals surface area (Å²) in [7, 11) is 1.58. The number of ether oxygens (including phenoxy) is 1. The van der Waals surface area contributed by atoms with Crippen molar-refractivity contribution in [3.63, 3.8) is 0 Å². The van der Waals surface area contributed by atoms with Crippen molar-refractivity contribution >= 4 is 23.4 Å². The third-order valence-corrected chi connectivity index (χ3v) is 4.16. The van der Waals surface area contributed by atoms with Crippen LogP contribution in [0.15, 0.2) is 41.7 Å². The third kappa shape index (κ3) is 5.53. The van der Waals surface area contributed by atoms with E-state index in [0.29, 0.717) is 24.0 Å². The van der Waals surface area contributed by atoms with Gasteiger partial charge in [0.05, 0.1) is 26.1 Å². The quantitative estimate of drug-likeness (QED) is 0.446. The molecule has 144 valence electrons. The zero-order chi connectivity index (χ0) is 18.9. The highest BCUT2D eigenvalue weighted by molar-refractivity contribution is 6.07. The molecule has 0 atom stereocenters. The van der Waals surface area contributed by atoms with Crippen LogP contribution < -0.4 is 16.0 Å². The second-order valence-electron chi connectivity index (χ2n) is 6.01. The molecule has 1 aromatic heterocycles. The molecule has 1 fully saturated rings. The maximum absolute atomic E-state index is 12.0. The van der Waals surface area contributed by atoms with E-state index in [2.05, 4.69) is 35.8 Å². The van der Waals surface area contributed by atoms with Crippen LogP contribution in [0.3, 0.4) is 0 Å². The van der Waals surface area contributed by atoms with Crippen molar-refractivity contribution in [2.24, 2.45) is 4.99 Å². The molecule has 1 aliphatic rings. The molecule has 9 nitrogen and oxygen atoms in total. The van der Waals surface area contributed by atoms with Gasteiger partial charge in [0.2, 0.25) is 5.96 Å². The number of aliphatic imine (C=N–C) groups is 1. The van der Waals surface area contributed by atoms with Crippen molar-refractivity contribution < 1.29 is 9.53 Å². The number of aromatic nitrogens is 2. The van der Waals surface area contributed by atoms with Crippen molar-refractivity contribution in [3.05, 3.63) is 42.4 Å². The predicted molar refractivity (Wildman–Crippen MR) is 105 cm³/mol. The first kappa shape index (κ1) is 18.9. The minimum Gasteiger partial charge on any atom is -0.379 e. The molecular formula is C18H25N7O2. The number of anilines is 2. The Morgan fingerprint density at radius 3 is 2.78 bits per heavy atom. The number of hydrogen-bond acceptors (Lipinski definition) is 5. The molecule has 0 spiro atoms. The molecule has 2 aromatic rings. The van der Waals surface area contributed by atoms with Gasteiger partial charge in [0.15, 0.2) is 5.82 Å². The Hall–Kier alpha value is -2.91. The third-order valence-electron chi connectivity index (χ3n) is 4.16. The van der Waals surface area contributed by atoms with Crippen LogP contribution in [0.4, 0.5) is 11.5 Å². The summed E-state index contributed by atoms with van der Waals surface area (Å²) >= 11 is 0. The normalized spacial score (nSPS) is 15.4. The summed E-state index contributed by atoms with van der Waals surface area (Å²) in [5.41, 5.74) is 1.25. The number of benzene rings is 1. The van der Waals surface area contributed by atoms with Crippen molar-refractivity contribution in [3.8, 4) is 0 Å². The summed E-state index contributed by atoms with van der Waals surface area (Å²) in [6, 6.07) is 9.73. The Labute approximate surface area is 158 Å². The van der Waals surface area contributed by atoms with Gasteiger partial charge in [-0.15, -0.1) is 0 Å². The SMILES string of the molecule is CNC(=O)c1[nH]cnc1NC(=NCCN1CCOCC1)Nc1ccccc1. The standard InChI is InChI=1S/C18H25N7O2/c1-19-17(26)15-16(22-13-21-15)24-18(23-14-5-3-2-4-6-14)20-7-8-25-9-11-27-12-10-25/h2-6,13H,7-12H2,1H3,(H,19,26)(H,21,22)(H2,20,23,24). The zero-order valence-corrected chi connectivity index (χ0v) is 15.4. The average Bonchev–Trinajstić information content (AvgIpc) is 3.17. The van der Waals surface area contributed by atoms with Gasteiger partial charge in [0.25, 0.3) is 5.91 Å². The van der Waals surface area contributed by atoms with Gasteiger partial charge in [-0.05, 0) is 12.1 Å². The molecule has 1 amide bonds. The average molecular weight is 371 g/mol. The van der Waals surface area contributed by atoms with Crippen LogP contribution in [0.1, 0.15) is 10.5 Å². The van der Waals surface area contributed by atoms with E-state index in [1.807, 2.05) is 30.3 Å². The second-order valence-corrected chi connectivity index (χ2v) is 6.01. The van der Waals surface area contributed by atoms with Gasteiger partial charge in [-0.25, -0.2) is 4.98 Å². The molecule has 27 heavy (non-hydrogen) atoms. The Kier molecular flexibility index (Phi) is 6.78. The van der Waals surface area contributed by atoms with Gasteiger partial charge >= 0.3 is 0 Å². The Morgan fingerprint density at radius 1 is 1.26 bits per heavy atom. The molecule has 9 heteroatoms. The Balaban J connectivity index is 1.70. The lowest BCUT2D eigenvalue weighted by Crippen LogP contribution is -2.38. The summed E-state index contributed by atoms with van der Waals surface area (Å²) in [6.45, 7) is 4.82. The fraction of sp³-hybridized carbons (Fsp3) is 0.389. The molecule has 1 aliphatic heterocycles. The molecule has 2 heterocycles. The second kappa shape index (κ2) is 9.70. The summed E-state index contributed by atoms with van der Waals surface area (Å²) < 4.78 is 5.37. The van der Waals surface area contributed by atoms with Crippen LogP contribution in [0.2, 0.25) is 0 Å². The number of carbonyl (C=O) groups is 1. The Morgan fingerprint density at radius 2 is 2.04 bits per heavy atom. The molecule has 0 radical (unpaired) electrons. The number of morpholine rings is 1. The molecule has 0 bridgehead atoms. The lowest BCUT2D eigenvalue weighted by atomic mass is 10.3. The highest BCUT2D eigenvalue weighted by Gasteiger charge is 2.15. The molecule has 4 N–H and O–H groups in total. The molecule has 1 saturated heterocycles. The van der Waals surface area contributed by atoms with Crippen LogP contribution in [-0.2, 0) is 4.74 Å². The number of nitrogens with zero attached hydrogens (tertiary/aromatic N) is 3. The van der Waals surface area contributed by atoms with Crippen molar-refractivity contribution in [1.82, 2.24) is 20.2 Å². The first-order valence-corrected chi connectivity index (χ1v) is 8.95.